The van der Waals surface area contributed by atoms with Crippen LogP contribution >= 0.6 is 0 Å². The highest BCUT2D eigenvalue weighted by atomic mass is 15.0. The molecule has 13 aromatic carbocycles. The summed E-state index contributed by atoms with van der Waals surface area (Å²) >= 11 is 0. The van der Waals surface area contributed by atoms with Gasteiger partial charge in [0.15, 0.2) is 0 Å². The van der Waals surface area contributed by atoms with Gasteiger partial charge < -0.3 is 4.57 Å². The third-order valence-electron chi connectivity index (χ3n) is 15.2. The van der Waals surface area contributed by atoms with Crippen LogP contribution < -0.4 is 0 Å². The fourth-order valence-corrected chi connectivity index (χ4v) is 11.6. The molecule has 0 N–H and O–H groups in total. The Balaban J connectivity index is 1.01. The maximum atomic E-state index is 2.49. The molecule has 75 heavy (non-hydrogen) atoms. The second-order valence-corrected chi connectivity index (χ2v) is 19.6. The summed E-state index contributed by atoms with van der Waals surface area (Å²) in [5.41, 5.74) is 22.5. The monoisotopic (exact) mass is 951 g/mol. The van der Waals surface area contributed by atoms with Crippen LogP contribution in [0.1, 0.15) is 0 Å². The number of rotatable bonds is 9. The minimum Gasteiger partial charge on any atom is -0.309 e. The van der Waals surface area contributed by atoms with Gasteiger partial charge in [0.2, 0.25) is 0 Å². The van der Waals surface area contributed by atoms with Crippen molar-refractivity contribution in [2.75, 3.05) is 0 Å². The van der Waals surface area contributed by atoms with E-state index < -0.39 is 0 Å². The van der Waals surface area contributed by atoms with E-state index in [4.69, 9.17) is 0 Å². The first-order valence-electron chi connectivity index (χ1n) is 25.9. The van der Waals surface area contributed by atoms with Crippen LogP contribution in [0.25, 0.3) is 138 Å². The van der Waals surface area contributed by atoms with Crippen LogP contribution in [-0.2, 0) is 0 Å². The second kappa shape index (κ2) is 18.7. The molecule has 1 aromatic heterocycles. The minimum atomic E-state index is 1.12. The molecular formula is C74H49N. The van der Waals surface area contributed by atoms with Gasteiger partial charge in [-0.25, -0.2) is 0 Å². The molecule has 0 saturated carbocycles. The summed E-state index contributed by atoms with van der Waals surface area (Å²) in [6, 6.07) is 109. The number of benzene rings is 13. The van der Waals surface area contributed by atoms with Gasteiger partial charge in [0, 0.05) is 16.5 Å². The van der Waals surface area contributed by atoms with Gasteiger partial charge in [-0.3, -0.25) is 0 Å². The van der Waals surface area contributed by atoms with E-state index in [1.165, 1.54) is 121 Å². The fourth-order valence-electron chi connectivity index (χ4n) is 11.6. The lowest BCUT2D eigenvalue weighted by Gasteiger charge is -2.16. The van der Waals surface area contributed by atoms with Crippen molar-refractivity contribution in [1.82, 2.24) is 4.57 Å². The van der Waals surface area contributed by atoms with Gasteiger partial charge in [0.1, 0.15) is 0 Å². The van der Waals surface area contributed by atoms with E-state index in [-0.39, 0.29) is 0 Å². The SMILES string of the molecule is c1ccc(-c2cc(-c3ccccc3)cc(-n3c4ccc(-c5ccc(-c6cccc7ccccc67)cc5-c5ccccc5)cc4c4cc(-c5ccc(-c6cccc7ccccc67)cc5-c5ccccc5)ccc43)c2)cc1. The van der Waals surface area contributed by atoms with Crippen molar-refractivity contribution in [3.8, 4) is 94.7 Å². The molecular weight excluding hydrogens is 903 g/mol. The predicted octanol–water partition coefficient (Wildman–Crippen LogP) is 20.4. The zero-order chi connectivity index (χ0) is 49.7. The Morgan fingerprint density at radius 1 is 0.173 bits per heavy atom. The lowest BCUT2D eigenvalue weighted by molar-refractivity contribution is 1.18. The van der Waals surface area contributed by atoms with Crippen LogP contribution in [0.2, 0.25) is 0 Å². The molecule has 0 spiro atoms. The Morgan fingerprint density at radius 3 is 0.973 bits per heavy atom. The third kappa shape index (κ3) is 7.99. The summed E-state index contributed by atoms with van der Waals surface area (Å²) < 4.78 is 2.49. The Morgan fingerprint density at radius 2 is 0.533 bits per heavy atom. The highest BCUT2D eigenvalue weighted by Gasteiger charge is 2.20. The number of fused-ring (bicyclic) bond motifs is 5. The Kier molecular flexibility index (Phi) is 10.9. The highest BCUT2D eigenvalue weighted by molar-refractivity contribution is 6.13. The number of aromatic nitrogens is 1. The minimum absolute atomic E-state index is 1.12. The molecule has 0 saturated heterocycles. The average molecular weight is 952 g/mol. The topological polar surface area (TPSA) is 4.93 Å². The molecule has 0 amide bonds. The van der Waals surface area contributed by atoms with Crippen LogP contribution in [-0.4, -0.2) is 4.57 Å². The summed E-state index contributed by atoms with van der Waals surface area (Å²) in [6.45, 7) is 0. The zero-order valence-electron chi connectivity index (χ0n) is 41.2. The summed E-state index contributed by atoms with van der Waals surface area (Å²) in [6.07, 6.45) is 0. The first-order valence-corrected chi connectivity index (χ1v) is 25.9. The summed E-state index contributed by atoms with van der Waals surface area (Å²) in [7, 11) is 0. The van der Waals surface area contributed by atoms with Crippen LogP contribution in [0.4, 0.5) is 0 Å². The lowest BCUT2D eigenvalue weighted by atomic mass is 9.89. The molecule has 0 aliphatic heterocycles. The molecule has 350 valence electrons. The van der Waals surface area contributed by atoms with Crippen LogP contribution in [0.3, 0.4) is 0 Å². The Hall–Kier alpha value is -9.82. The molecule has 0 bridgehead atoms. The summed E-state index contributed by atoms with van der Waals surface area (Å²) in [4.78, 5) is 0. The van der Waals surface area contributed by atoms with Crippen molar-refractivity contribution < 1.29 is 0 Å². The molecule has 0 fully saturated rings. The van der Waals surface area contributed by atoms with Crippen molar-refractivity contribution in [2.24, 2.45) is 0 Å². The maximum Gasteiger partial charge on any atom is 0.0541 e. The lowest BCUT2D eigenvalue weighted by Crippen LogP contribution is -1.96. The van der Waals surface area contributed by atoms with E-state index in [1.807, 2.05) is 0 Å². The van der Waals surface area contributed by atoms with Crippen LogP contribution in [0.15, 0.2) is 297 Å². The number of hydrogen-bond donors (Lipinski definition) is 0. The van der Waals surface area contributed by atoms with Gasteiger partial charge in [-0.1, -0.05) is 243 Å². The smallest absolute Gasteiger partial charge is 0.0541 e. The van der Waals surface area contributed by atoms with Gasteiger partial charge in [-0.15, -0.1) is 0 Å². The van der Waals surface area contributed by atoms with Crippen LogP contribution in [0.5, 0.6) is 0 Å². The van der Waals surface area contributed by atoms with Gasteiger partial charge in [0.25, 0.3) is 0 Å². The first kappa shape index (κ1) is 43.9. The largest absolute Gasteiger partial charge is 0.309 e. The van der Waals surface area contributed by atoms with Crippen LogP contribution in [0, 0.1) is 0 Å². The van der Waals surface area contributed by atoms with E-state index in [0.717, 1.165) is 16.7 Å². The molecule has 14 rings (SSSR count). The quantitative estimate of drug-likeness (QED) is 0.136. The summed E-state index contributed by atoms with van der Waals surface area (Å²) in [5, 5.41) is 7.37. The van der Waals surface area contributed by atoms with E-state index in [1.54, 1.807) is 0 Å². The Bertz CT molecular complexity index is 4140. The molecule has 14 aromatic rings. The number of hydrogen-bond acceptors (Lipinski definition) is 0. The van der Waals surface area contributed by atoms with Crippen molar-refractivity contribution in [3.05, 3.63) is 297 Å². The number of nitrogens with zero attached hydrogens (tertiary/aromatic N) is 1. The van der Waals surface area contributed by atoms with E-state index in [0.29, 0.717) is 0 Å². The van der Waals surface area contributed by atoms with Crippen molar-refractivity contribution in [2.45, 2.75) is 0 Å². The van der Waals surface area contributed by atoms with Crippen molar-refractivity contribution >= 4 is 43.4 Å². The second-order valence-electron chi connectivity index (χ2n) is 19.6. The van der Waals surface area contributed by atoms with E-state index in [2.05, 4.69) is 302 Å². The normalized spacial score (nSPS) is 11.5. The molecule has 1 heterocycles. The van der Waals surface area contributed by atoms with Gasteiger partial charge in [-0.05, 0) is 165 Å². The van der Waals surface area contributed by atoms with Crippen molar-refractivity contribution in [3.63, 3.8) is 0 Å². The molecule has 0 aliphatic rings. The standard InChI is InChI=1S/C74H49N/c1-5-19-50(20-6-1)60-43-61(51-21-7-2-8-22-51)45-62(44-60)75-73-41-37-58(67-39-35-56(46-69(67)54-23-9-3-10-24-54)65-33-17-29-52-27-13-15-31-63(52)65)48-71(73)72-49-59(38-42-74(72)75)68-40-36-57(47-70(68)55-25-11-4-12-26-55)66-34-18-30-53-28-14-16-32-64(53)66/h1-49H. The average Bonchev–Trinajstić information content (AvgIpc) is 3.84. The van der Waals surface area contributed by atoms with Gasteiger partial charge in [0.05, 0.1) is 11.0 Å². The first-order chi connectivity index (χ1) is 37.2. The molecule has 0 aliphatic carbocycles. The molecule has 0 radical (unpaired) electrons. The van der Waals surface area contributed by atoms with Gasteiger partial charge in [-0.2, -0.15) is 0 Å². The van der Waals surface area contributed by atoms with Crippen molar-refractivity contribution in [1.29, 1.82) is 0 Å². The van der Waals surface area contributed by atoms with E-state index >= 15 is 0 Å². The molecule has 0 atom stereocenters. The maximum absolute atomic E-state index is 2.49. The summed E-state index contributed by atoms with van der Waals surface area (Å²) in [5.74, 6) is 0. The molecule has 0 unspecified atom stereocenters. The Labute approximate surface area is 437 Å². The molecule has 1 heteroatoms. The zero-order valence-corrected chi connectivity index (χ0v) is 41.2. The van der Waals surface area contributed by atoms with Gasteiger partial charge >= 0.3 is 0 Å². The highest BCUT2D eigenvalue weighted by Crippen LogP contribution is 2.44. The fraction of sp³-hybridized carbons (Fsp3) is 0. The molecule has 1 nitrogen and oxygen atoms in total. The predicted molar refractivity (Wildman–Crippen MR) is 319 cm³/mol. The third-order valence-corrected chi connectivity index (χ3v) is 15.2. The van der Waals surface area contributed by atoms with E-state index in [9.17, 15) is 0 Å².